The average molecular weight is 318 g/mol. The minimum Gasteiger partial charge on any atom is -0.478 e. The second kappa shape index (κ2) is 7.09. The largest absolute Gasteiger partial charge is 0.478 e. The van der Waals surface area contributed by atoms with Crippen molar-refractivity contribution in [3.63, 3.8) is 0 Å². The van der Waals surface area contributed by atoms with E-state index in [2.05, 4.69) is 5.32 Å². The van der Waals surface area contributed by atoms with Gasteiger partial charge in [0, 0.05) is 10.9 Å². The van der Waals surface area contributed by atoms with E-state index in [-0.39, 0.29) is 17.4 Å². The fourth-order valence-corrected chi connectivity index (χ4v) is 2.36. The Morgan fingerprint density at radius 2 is 1.91 bits per heavy atom. The molecule has 5 heteroatoms. The van der Waals surface area contributed by atoms with Gasteiger partial charge in [-0.1, -0.05) is 42.8 Å². The maximum absolute atomic E-state index is 12.2. The van der Waals surface area contributed by atoms with Crippen molar-refractivity contribution in [3.8, 4) is 0 Å². The molecule has 2 aromatic carbocycles. The van der Waals surface area contributed by atoms with E-state index in [4.69, 9.17) is 16.7 Å². The average Bonchev–Trinajstić information content (AvgIpc) is 2.47. The summed E-state index contributed by atoms with van der Waals surface area (Å²) >= 11 is 5.93. The molecule has 0 fully saturated rings. The Balaban J connectivity index is 2.07. The molecule has 0 radical (unpaired) electrons. The monoisotopic (exact) mass is 317 g/mol. The van der Waals surface area contributed by atoms with Crippen molar-refractivity contribution >= 4 is 29.2 Å². The Morgan fingerprint density at radius 3 is 2.59 bits per heavy atom. The quantitative estimate of drug-likeness (QED) is 0.880. The van der Waals surface area contributed by atoms with Gasteiger partial charge in [0.1, 0.15) is 0 Å². The molecular weight excluding hydrogens is 302 g/mol. The van der Waals surface area contributed by atoms with E-state index in [1.807, 2.05) is 18.2 Å². The van der Waals surface area contributed by atoms with E-state index < -0.39 is 5.97 Å². The molecule has 22 heavy (non-hydrogen) atoms. The number of carboxylic acids is 1. The van der Waals surface area contributed by atoms with Crippen LogP contribution in [0.5, 0.6) is 0 Å². The lowest BCUT2D eigenvalue weighted by molar-refractivity contribution is -0.119. The number of carbonyl (C=O) groups excluding carboxylic acids is 1. The van der Waals surface area contributed by atoms with Crippen LogP contribution in [0, 0.1) is 5.92 Å². The lowest BCUT2D eigenvalue weighted by atomic mass is 10.00. The molecule has 2 aromatic rings. The van der Waals surface area contributed by atoms with Gasteiger partial charge in [-0.2, -0.15) is 0 Å². The third kappa shape index (κ3) is 4.09. The highest BCUT2D eigenvalue weighted by atomic mass is 35.5. The summed E-state index contributed by atoms with van der Waals surface area (Å²) < 4.78 is 0. The van der Waals surface area contributed by atoms with Crippen LogP contribution in [0.2, 0.25) is 5.02 Å². The number of nitrogens with one attached hydrogen (secondary N) is 1. The Labute approximate surface area is 133 Å². The molecule has 0 saturated carbocycles. The van der Waals surface area contributed by atoms with Crippen molar-refractivity contribution in [1.29, 1.82) is 0 Å². The van der Waals surface area contributed by atoms with Crippen LogP contribution >= 0.6 is 11.6 Å². The third-order valence-electron chi connectivity index (χ3n) is 3.29. The number of carbonyl (C=O) groups is 2. The van der Waals surface area contributed by atoms with Crippen LogP contribution in [0.3, 0.4) is 0 Å². The molecule has 4 nitrogen and oxygen atoms in total. The first kappa shape index (κ1) is 16.0. The molecule has 1 atom stereocenters. The van der Waals surface area contributed by atoms with Gasteiger partial charge in [-0.25, -0.2) is 4.79 Å². The molecule has 0 heterocycles. The van der Waals surface area contributed by atoms with Crippen LogP contribution in [0.25, 0.3) is 0 Å². The maximum Gasteiger partial charge on any atom is 0.337 e. The normalized spacial score (nSPS) is 11.7. The molecule has 0 aliphatic heterocycles. The number of hydrogen-bond acceptors (Lipinski definition) is 2. The first-order valence-electron chi connectivity index (χ1n) is 6.85. The summed E-state index contributed by atoms with van der Waals surface area (Å²) in [7, 11) is 0. The minimum absolute atomic E-state index is 0.0748. The summed E-state index contributed by atoms with van der Waals surface area (Å²) in [5.74, 6) is -1.60. The molecule has 2 rings (SSSR count). The number of halogens is 1. The van der Waals surface area contributed by atoms with Crippen molar-refractivity contribution in [2.75, 3.05) is 5.32 Å². The first-order chi connectivity index (χ1) is 10.5. The highest BCUT2D eigenvalue weighted by Crippen LogP contribution is 2.18. The van der Waals surface area contributed by atoms with E-state index >= 15 is 0 Å². The summed E-state index contributed by atoms with van der Waals surface area (Å²) in [6, 6.07) is 13.7. The van der Waals surface area contributed by atoms with Crippen molar-refractivity contribution in [1.82, 2.24) is 0 Å². The van der Waals surface area contributed by atoms with Gasteiger partial charge in [0.2, 0.25) is 5.91 Å². The number of amides is 1. The fraction of sp³-hybridized carbons (Fsp3) is 0.176. The third-order valence-corrected chi connectivity index (χ3v) is 3.53. The van der Waals surface area contributed by atoms with Crippen molar-refractivity contribution < 1.29 is 14.7 Å². The number of anilines is 1. The predicted molar refractivity (Wildman–Crippen MR) is 86.4 cm³/mol. The SMILES string of the molecule is CC(Cc1cccc(Cl)c1)C(=O)Nc1ccccc1C(=O)O. The Bertz CT molecular complexity index is 700. The molecule has 0 aromatic heterocycles. The molecule has 2 N–H and O–H groups in total. The molecule has 114 valence electrons. The van der Waals surface area contributed by atoms with Gasteiger partial charge in [-0.15, -0.1) is 0 Å². The molecule has 0 aliphatic carbocycles. The van der Waals surface area contributed by atoms with Gasteiger partial charge in [0.15, 0.2) is 0 Å². The summed E-state index contributed by atoms with van der Waals surface area (Å²) in [6.07, 6.45) is 0.529. The zero-order chi connectivity index (χ0) is 16.1. The summed E-state index contributed by atoms with van der Waals surface area (Å²) in [5.41, 5.74) is 1.34. The van der Waals surface area contributed by atoms with Gasteiger partial charge in [0.25, 0.3) is 0 Å². The van der Waals surface area contributed by atoms with Crippen LogP contribution in [-0.2, 0) is 11.2 Å². The predicted octanol–water partition coefficient (Wildman–Crippen LogP) is 3.86. The van der Waals surface area contributed by atoms with E-state index in [1.54, 1.807) is 31.2 Å². The number of carboxylic acid groups (broad SMARTS) is 1. The second-order valence-electron chi connectivity index (χ2n) is 5.08. The van der Waals surface area contributed by atoms with E-state index in [0.29, 0.717) is 17.1 Å². The van der Waals surface area contributed by atoms with Gasteiger partial charge in [-0.05, 0) is 36.2 Å². The Kier molecular flexibility index (Phi) is 5.17. The number of hydrogen-bond donors (Lipinski definition) is 2. The summed E-state index contributed by atoms with van der Waals surface area (Å²) in [4.78, 5) is 23.4. The second-order valence-corrected chi connectivity index (χ2v) is 5.51. The first-order valence-corrected chi connectivity index (χ1v) is 7.23. The number of para-hydroxylation sites is 1. The van der Waals surface area contributed by atoms with Crippen molar-refractivity contribution in [2.45, 2.75) is 13.3 Å². The van der Waals surface area contributed by atoms with Gasteiger partial charge < -0.3 is 10.4 Å². The van der Waals surface area contributed by atoms with E-state index in [9.17, 15) is 9.59 Å². The Morgan fingerprint density at radius 1 is 1.18 bits per heavy atom. The van der Waals surface area contributed by atoms with Crippen LogP contribution in [-0.4, -0.2) is 17.0 Å². The van der Waals surface area contributed by atoms with Crippen LogP contribution in [0.15, 0.2) is 48.5 Å². The molecule has 0 saturated heterocycles. The topological polar surface area (TPSA) is 66.4 Å². The highest BCUT2D eigenvalue weighted by molar-refractivity contribution is 6.30. The van der Waals surface area contributed by atoms with Crippen LogP contribution in [0.4, 0.5) is 5.69 Å². The van der Waals surface area contributed by atoms with Gasteiger partial charge in [0.05, 0.1) is 11.3 Å². The Hall–Kier alpha value is -2.33. The number of aromatic carboxylic acids is 1. The lowest BCUT2D eigenvalue weighted by Gasteiger charge is -2.14. The van der Waals surface area contributed by atoms with Crippen LogP contribution in [0.1, 0.15) is 22.8 Å². The zero-order valence-corrected chi connectivity index (χ0v) is 12.8. The van der Waals surface area contributed by atoms with E-state index in [0.717, 1.165) is 5.56 Å². The maximum atomic E-state index is 12.2. The summed E-state index contributed by atoms with van der Waals surface area (Å²) in [5, 5.41) is 12.4. The minimum atomic E-state index is -1.07. The molecule has 0 aliphatic rings. The molecule has 0 spiro atoms. The van der Waals surface area contributed by atoms with Gasteiger partial charge >= 0.3 is 5.97 Å². The smallest absolute Gasteiger partial charge is 0.337 e. The van der Waals surface area contributed by atoms with Crippen molar-refractivity contribution in [2.24, 2.45) is 5.92 Å². The summed E-state index contributed by atoms with van der Waals surface area (Å²) in [6.45, 7) is 1.79. The highest BCUT2D eigenvalue weighted by Gasteiger charge is 2.17. The molecule has 0 bridgehead atoms. The van der Waals surface area contributed by atoms with E-state index in [1.165, 1.54) is 6.07 Å². The van der Waals surface area contributed by atoms with Crippen LogP contribution < -0.4 is 5.32 Å². The fourth-order valence-electron chi connectivity index (χ4n) is 2.14. The lowest BCUT2D eigenvalue weighted by Crippen LogP contribution is -2.23. The number of benzene rings is 2. The van der Waals surface area contributed by atoms with Crippen molar-refractivity contribution in [3.05, 3.63) is 64.7 Å². The molecule has 1 unspecified atom stereocenters. The zero-order valence-electron chi connectivity index (χ0n) is 12.0. The molecule has 1 amide bonds. The molecular formula is C17H16ClNO3. The van der Waals surface area contributed by atoms with Gasteiger partial charge in [-0.3, -0.25) is 4.79 Å². The number of rotatable bonds is 5. The standard InChI is InChI=1S/C17H16ClNO3/c1-11(9-12-5-4-6-13(18)10-12)16(20)19-15-8-3-2-7-14(15)17(21)22/h2-8,10-11H,9H2,1H3,(H,19,20)(H,21,22).